The van der Waals surface area contributed by atoms with Crippen molar-refractivity contribution in [3.8, 4) is 0 Å². The molecule has 0 heterocycles. The lowest BCUT2D eigenvalue weighted by molar-refractivity contribution is 0.315. The fourth-order valence-corrected chi connectivity index (χ4v) is 3.71. The van der Waals surface area contributed by atoms with Gasteiger partial charge in [-0.1, -0.05) is 118 Å². The molecule has 0 aromatic heterocycles. The molecule has 31 heavy (non-hydrogen) atoms. The molecule has 0 aliphatic carbocycles. The molecule has 0 bridgehead atoms. The van der Waals surface area contributed by atoms with Gasteiger partial charge in [-0.05, 0) is 57.3 Å². The van der Waals surface area contributed by atoms with E-state index < -0.39 is 0 Å². The molecule has 0 aliphatic heterocycles. The van der Waals surface area contributed by atoms with Gasteiger partial charge in [0.15, 0.2) is 0 Å². The van der Waals surface area contributed by atoms with Crippen molar-refractivity contribution >= 4 is 11.9 Å². The van der Waals surface area contributed by atoms with Gasteiger partial charge in [0, 0.05) is 12.3 Å². The van der Waals surface area contributed by atoms with E-state index >= 15 is 0 Å². The predicted octanol–water partition coefficient (Wildman–Crippen LogP) is 7.96. The highest BCUT2D eigenvalue weighted by Crippen LogP contribution is 2.23. The van der Waals surface area contributed by atoms with Gasteiger partial charge in [0.2, 0.25) is 0 Å². The van der Waals surface area contributed by atoms with E-state index in [0.29, 0.717) is 5.41 Å². The molecule has 4 heteroatoms. The molecule has 0 fully saturated rings. The normalized spacial score (nSPS) is 11.4. The van der Waals surface area contributed by atoms with E-state index in [9.17, 15) is 0 Å². The second-order valence-corrected chi connectivity index (χ2v) is 10.7. The lowest BCUT2D eigenvalue weighted by Gasteiger charge is -2.22. The maximum absolute atomic E-state index is 3.57. The molecular weight excluding hydrogens is 398 g/mol. The molecular formula is C27H61N3S. The number of nitrogens with one attached hydrogen (secondary N) is 3. The standard InChI is InChI=1S/C23H51N3S.C4H10/c1-5-7-8-9-10-11-12-13-22-27-26-20-15-19-24-17-14-18-25-21-16-23(3,4)6-2;1-3-4-2/h24-26H,5-22H2,1-4H3;3-4H2,1-2H3. The first-order valence-electron chi connectivity index (χ1n) is 13.8. The summed E-state index contributed by atoms with van der Waals surface area (Å²) < 4.78 is 3.51. The minimum absolute atomic E-state index is 0.491. The number of unbranched alkanes of at least 4 members (excludes halogenated alkanes) is 8. The van der Waals surface area contributed by atoms with E-state index in [4.69, 9.17) is 0 Å². The quantitative estimate of drug-likeness (QED) is 0.107. The Labute approximate surface area is 202 Å². The predicted molar refractivity (Wildman–Crippen MR) is 147 cm³/mol. The van der Waals surface area contributed by atoms with Gasteiger partial charge in [-0.2, -0.15) is 0 Å². The first-order valence-corrected chi connectivity index (χ1v) is 14.8. The van der Waals surface area contributed by atoms with E-state index in [1.54, 1.807) is 0 Å². The van der Waals surface area contributed by atoms with Crippen LogP contribution in [0.3, 0.4) is 0 Å². The van der Waals surface area contributed by atoms with Crippen LogP contribution in [0.5, 0.6) is 0 Å². The molecule has 0 rings (SSSR count). The van der Waals surface area contributed by atoms with Gasteiger partial charge in [-0.3, -0.25) is 4.72 Å². The van der Waals surface area contributed by atoms with E-state index in [2.05, 4.69) is 56.9 Å². The van der Waals surface area contributed by atoms with Gasteiger partial charge in [0.05, 0.1) is 0 Å². The zero-order valence-corrected chi connectivity index (χ0v) is 23.4. The summed E-state index contributed by atoms with van der Waals surface area (Å²) in [6.45, 7) is 19.3. The van der Waals surface area contributed by atoms with E-state index in [1.165, 1.54) is 95.6 Å². The maximum atomic E-state index is 3.57. The zero-order valence-electron chi connectivity index (χ0n) is 22.6. The van der Waals surface area contributed by atoms with Crippen LogP contribution in [0.25, 0.3) is 0 Å². The molecule has 0 saturated carbocycles. The Hall–Kier alpha value is 0.230. The summed E-state index contributed by atoms with van der Waals surface area (Å²) in [5, 5.41) is 7.13. The molecule has 3 N–H and O–H groups in total. The van der Waals surface area contributed by atoms with Crippen molar-refractivity contribution in [1.82, 2.24) is 15.4 Å². The van der Waals surface area contributed by atoms with Crippen LogP contribution in [-0.2, 0) is 0 Å². The lowest BCUT2D eigenvalue weighted by atomic mass is 9.87. The third-order valence-corrected chi connectivity index (χ3v) is 6.88. The highest BCUT2D eigenvalue weighted by molar-refractivity contribution is 7.97. The van der Waals surface area contributed by atoms with Crippen LogP contribution in [0.4, 0.5) is 0 Å². The van der Waals surface area contributed by atoms with Crippen molar-refractivity contribution in [2.75, 3.05) is 38.5 Å². The summed E-state index contributed by atoms with van der Waals surface area (Å²) in [5.41, 5.74) is 0.491. The third-order valence-electron chi connectivity index (χ3n) is 5.98. The average Bonchev–Trinajstić information content (AvgIpc) is 2.78. The van der Waals surface area contributed by atoms with Crippen LogP contribution in [0, 0.1) is 5.41 Å². The Balaban J connectivity index is 0. The summed E-state index contributed by atoms with van der Waals surface area (Å²) >= 11 is 1.92. The Bertz CT molecular complexity index is 309. The summed E-state index contributed by atoms with van der Waals surface area (Å²) in [5.74, 6) is 1.27. The van der Waals surface area contributed by atoms with Crippen LogP contribution < -0.4 is 15.4 Å². The molecule has 0 spiro atoms. The summed E-state index contributed by atoms with van der Waals surface area (Å²) in [6, 6.07) is 0. The summed E-state index contributed by atoms with van der Waals surface area (Å²) in [6.07, 6.45) is 18.9. The molecule has 0 aromatic rings. The molecule has 0 atom stereocenters. The van der Waals surface area contributed by atoms with Crippen LogP contribution in [-0.4, -0.2) is 38.5 Å². The molecule has 190 valence electrons. The largest absolute Gasteiger partial charge is 0.317 e. The first-order chi connectivity index (χ1) is 15.0. The molecule has 0 aliphatic rings. The Kier molecular flexibility index (Phi) is 30.5. The SMILES string of the molecule is CCCC.CCCCCCCCCCSNCCCNCCCNCCC(C)(C)CC. The fourth-order valence-electron chi connectivity index (χ4n) is 2.93. The fraction of sp³-hybridized carbons (Fsp3) is 1.00. The second-order valence-electron chi connectivity index (χ2n) is 9.69. The Morgan fingerprint density at radius 3 is 1.61 bits per heavy atom. The summed E-state index contributed by atoms with van der Waals surface area (Å²) in [7, 11) is 0. The van der Waals surface area contributed by atoms with E-state index in [1.807, 2.05) is 11.9 Å². The van der Waals surface area contributed by atoms with Crippen LogP contribution in [0.1, 0.15) is 131 Å². The van der Waals surface area contributed by atoms with Crippen molar-refractivity contribution < 1.29 is 0 Å². The van der Waals surface area contributed by atoms with E-state index in [0.717, 1.165) is 32.7 Å². The van der Waals surface area contributed by atoms with Gasteiger partial charge >= 0.3 is 0 Å². The second kappa shape index (κ2) is 28.3. The van der Waals surface area contributed by atoms with Gasteiger partial charge in [-0.15, -0.1) is 0 Å². The van der Waals surface area contributed by atoms with Crippen molar-refractivity contribution in [1.29, 1.82) is 0 Å². The number of hydrogen-bond acceptors (Lipinski definition) is 4. The Morgan fingerprint density at radius 1 is 0.548 bits per heavy atom. The van der Waals surface area contributed by atoms with Crippen LogP contribution >= 0.6 is 11.9 Å². The molecule has 0 saturated heterocycles. The smallest absolute Gasteiger partial charge is 0.00786 e. The first kappa shape index (κ1) is 33.4. The highest BCUT2D eigenvalue weighted by Gasteiger charge is 2.13. The Morgan fingerprint density at radius 2 is 1.06 bits per heavy atom. The lowest BCUT2D eigenvalue weighted by Crippen LogP contribution is -2.26. The van der Waals surface area contributed by atoms with Crippen LogP contribution in [0.15, 0.2) is 0 Å². The van der Waals surface area contributed by atoms with Crippen molar-refractivity contribution in [2.24, 2.45) is 5.41 Å². The number of rotatable bonds is 23. The minimum Gasteiger partial charge on any atom is -0.317 e. The van der Waals surface area contributed by atoms with Crippen molar-refractivity contribution in [3.05, 3.63) is 0 Å². The van der Waals surface area contributed by atoms with Crippen LogP contribution in [0.2, 0.25) is 0 Å². The molecule has 3 nitrogen and oxygen atoms in total. The third kappa shape index (κ3) is 32.5. The molecule has 0 aromatic carbocycles. The monoisotopic (exact) mass is 459 g/mol. The van der Waals surface area contributed by atoms with Gasteiger partial charge < -0.3 is 10.6 Å². The highest BCUT2D eigenvalue weighted by atomic mass is 32.2. The molecule has 0 unspecified atom stereocenters. The van der Waals surface area contributed by atoms with Gasteiger partial charge in [0.1, 0.15) is 0 Å². The topological polar surface area (TPSA) is 36.1 Å². The maximum Gasteiger partial charge on any atom is 0.00786 e. The minimum atomic E-state index is 0.491. The van der Waals surface area contributed by atoms with E-state index in [-0.39, 0.29) is 0 Å². The molecule has 0 amide bonds. The van der Waals surface area contributed by atoms with Gasteiger partial charge in [0.25, 0.3) is 0 Å². The average molecular weight is 460 g/mol. The zero-order chi connectivity index (χ0) is 23.5. The molecule has 0 radical (unpaired) electrons. The number of hydrogen-bond donors (Lipinski definition) is 3. The van der Waals surface area contributed by atoms with Crippen molar-refractivity contribution in [2.45, 2.75) is 131 Å². The van der Waals surface area contributed by atoms with Gasteiger partial charge in [-0.25, -0.2) is 0 Å². The summed E-state index contributed by atoms with van der Waals surface area (Å²) in [4.78, 5) is 0. The van der Waals surface area contributed by atoms with Crippen molar-refractivity contribution in [3.63, 3.8) is 0 Å².